The molecule has 0 saturated carbocycles. The molecule has 0 aliphatic carbocycles. The van der Waals surface area contributed by atoms with E-state index in [0.29, 0.717) is 18.7 Å². The Morgan fingerprint density at radius 2 is 1.66 bits per heavy atom. The summed E-state index contributed by atoms with van der Waals surface area (Å²) < 4.78 is 6.73. The summed E-state index contributed by atoms with van der Waals surface area (Å²) in [6.07, 6.45) is 1.22. The molecule has 0 radical (unpaired) electrons. The number of ether oxygens (including phenoxy) is 1. The number of nitrogens with zero attached hydrogens (tertiary/aromatic N) is 1. The highest BCUT2D eigenvalue weighted by molar-refractivity contribution is 9.10. The molecule has 5 nitrogen and oxygen atoms in total. The molecule has 0 aliphatic heterocycles. The third-order valence-corrected chi connectivity index (χ3v) is 6.39. The summed E-state index contributed by atoms with van der Waals surface area (Å²) in [5.74, 6) is 0.211. The maximum Gasteiger partial charge on any atom is 0.261 e. The minimum Gasteiger partial charge on any atom is -0.484 e. The average molecular weight is 537 g/mol. The fourth-order valence-corrected chi connectivity index (χ4v) is 4.14. The van der Waals surface area contributed by atoms with Gasteiger partial charge in [0.2, 0.25) is 5.91 Å². The normalized spacial score (nSPS) is 12.5. The van der Waals surface area contributed by atoms with E-state index < -0.39 is 6.04 Å². The van der Waals surface area contributed by atoms with Crippen molar-refractivity contribution >= 4 is 27.7 Å². The molecule has 0 unspecified atom stereocenters. The third-order valence-electron chi connectivity index (χ3n) is 5.90. The number of amides is 2. The fourth-order valence-electron chi connectivity index (χ4n) is 3.69. The molecular weight excluding hydrogens is 504 g/mol. The number of rotatable bonds is 11. The van der Waals surface area contributed by atoms with Gasteiger partial charge in [-0.05, 0) is 55.7 Å². The Morgan fingerprint density at radius 1 is 0.971 bits per heavy atom. The molecule has 3 aromatic rings. The van der Waals surface area contributed by atoms with Gasteiger partial charge in [-0.1, -0.05) is 83.0 Å². The van der Waals surface area contributed by atoms with Gasteiger partial charge in [-0.2, -0.15) is 0 Å². The highest BCUT2D eigenvalue weighted by atomic mass is 79.9. The van der Waals surface area contributed by atoms with Crippen molar-refractivity contribution in [1.82, 2.24) is 10.2 Å². The van der Waals surface area contributed by atoms with Crippen LogP contribution in [-0.4, -0.2) is 35.4 Å². The van der Waals surface area contributed by atoms with Gasteiger partial charge < -0.3 is 15.0 Å². The van der Waals surface area contributed by atoms with E-state index in [9.17, 15) is 9.59 Å². The Bertz CT molecular complexity index is 1100. The number of nitrogens with one attached hydrogen (secondary N) is 1. The first-order valence-electron chi connectivity index (χ1n) is 11.9. The summed E-state index contributed by atoms with van der Waals surface area (Å²) in [7, 11) is 0. The lowest BCUT2D eigenvalue weighted by Gasteiger charge is -2.32. The van der Waals surface area contributed by atoms with Crippen molar-refractivity contribution in [3.05, 3.63) is 100 Å². The van der Waals surface area contributed by atoms with Crippen LogP contribution in [0, 0.1) is 6.92 Å². The molecule has 2 atom stereocenters. The van der Waals surface area contributed by atoms with Gasteiger partial charge in [-0.25, -0.2) is 0 Å². The van der Waals surface area contributed by atoms with Crippen LogP contribution in [0.4, 0.5) is 0 Å². The maximum atomic E-state index is 13.6. The lowest BCUT2D eigenvalue weighted by Crippen LogP contribution is -2.53. The Hall–Kier alpha value is -3.12. The van der Waals surface area contributed by atoms with Gasteiger partial charge in [0.05, 0.1) is 0 Å². The predicted octanol–water partition coefficient (Wildman–Crippen LogP) is 5.69. The summed E-state index contributed by atoms with van der Waals surface area (Å²) in [4.78, 5) is 28.7. The minimum absolute atomic E-state index is 0.00686. The smallest absolute Gasteiger partial charge is 0.261 e. The van der Waals surface area contributed by atoms with Gasteiger partial charge >= 0.3 is 0 Å². The van der Waals surface area contributed by atoms with E-state index in [1.54, 1.807) is 4.90 Å². The Labute approximate surface area is 216 Å². The van der Waals surface area contributed by atoms with Crippen molar-refractivity contribution in [2.45, 2.75) is 52.2 Å². The van der Waals surface area contributed by atoms with Gasteiger partial charge in [0, 0.05) is 23.5 Å². The Balaban J connectivity index is 1.90. The lowest BCUT2D eigenvalue weighted by atomic mass is 10.0. The molecular formula is C29H33BrN2O3. The van der Waals surface area contributed by atoms with Crippen LogP contribution in [0.1, 0.15) is 37.0 Å². The molecule has 3 aromatic carbocycles. The van der Waals surface area contributed by atoms with E-state index >= 15 is 0 Å². The van der Waals surface area contributed by atoms with Crippen molar-refractivity contribution in [3.63, 3.8) is 0 Å². The van der Waals surface area contributed by atoms with Crippen molar-refractivity contribution in [3.8, 4) is 5.75 Å². The quantitative estimate of drug-likeness (QED) is 0.342. The van der Waals surface area contributed by atoms with Crippen LogP contribution in [0.5, 0.6) is 5.75 Å². The monoisotopic (exact) mass is 536 g/mol. The first kappa shape index (κ1) is 26.5. The molecule has 1 N–H and O–H groups in total. The van der Waals surface area contributed by atoms with E-state index in [0.717, 1.165) is 27.6 Å². The van der Waals surface area contributed by atoms with Crippen molar-refractivity contribution < 1.29 is 14.3 Å². The maximum absolute atomic E-state index is 13.6. The van der Waals surface area contributed by atoms with Gasteiger partial charge in [0.25, 0.3) is 5.91 Å². The van der Waals surface area contributed by atoms with Crippen LogP contribution in [0.25, 0.3) is 0 Å². The van der Waals surface area contributed by atoms with Crippen molar-refractivity contribution in [2.24, 2.45) is 0 Å². The highest BCUT2D eigenvalue weighted by Gasteiger charge is 2.31. The number of hydrogen-bond acceptors (Lipinski definition) is 3. The molecule has 35 heavy (non-hydrogen) atoms. The van der Waals surface area contributed by atoms with Crippen LogP contribution in [-0.2, 0) is 22.6 Å². The Morgan fingerprint density at radius 3 is 2.31 bits per heavy atom. The topological polar surface area (TPSA) is 58.6 Å². The second-order valence-corrected chi connectivity index (χ2v) is 9.69. The zero-order valence-corrected chi connectivity index (χ0v) is 22.1. The molecule has 0 heterocycles. The van der Waals surface area contributed by atoms with Gasteiger partial charge in [0.15, 0.2) is 6.61 Å². The van der Waals surface area contributed by atoms with Crippen LogP contribution in [0.2, 0.25) is 0 Å². The second kappa shape index (κ2) is 13.1. The van der Waals surface area contributed by atoms with E-state index in [1.807, 2.05) is 99.6 Å². The summed E-state index contributed by atoms with van der Waals surface area (Å²) >= 11 is 3.51. The first-order valence-corrected chi connectivity index (χ1v) is 12.7. The summed E-state index contributed by atoms with van der Waals surface area (Å²) in [5, 5.41) is 3.08. The highest BCUT2D eigenvalue weighted by Crippen LogP contribution is 2.19. The average Bonchev–Trinajstić information content (AvgIpc) is 2.86. The summed E-state index contributed by atoms with van der Waals surface area (Å²) in [6, 6.07) is 24.5. The zero-order chi connectivity index (χ0) is 25.2. The molecule has 3 rings (SSSR count). The number of carbonyl (C=O) groups is 2. The number of benzene rings is 3. The summed E-state index contributed by atoms with van der Waals surface area (Å²) in [6.45, 7) is 6.13. The lowest BCUT2D eigenvalue weighted by molar-refractivity contribution is -0.143. The van der Waals surface area contributed by atoms with Gasteiger partial charge in [-0.3, -0.25) is 9.59 Å². The molecule has 0 aromatic heterocycles. The molecule has 2 amide bonds. The van der Waals surface area contributed by atoms with E-state index in [4.69, 9.17) is 4.74 Å². The zero-order valence-electron chi connectivity index (χ0n) is 20.5. The molecule has 0 bridgehead atoms. The standard InChI is InChI=1S/C29H33BrN2O3/c1-4-22(3)31-29(34)27(18-23-9-6-5-7-10-23)32(19-24-11-8-12-25(30)17-24)28(33)20-35-26-15-13-21(2)14-16-26/h5-17,22,27H,4,18-20H2,1-3H3,(H,31,34)/t22-,27-/m1/s1. The summed E-state index contributed by atoms with van der Waals surface area (Å²) in [5.41, 5.74) is 3.03. The number of halogens is 1. The fraction of sp³-hybridized carbons (Fsp3) is 0.310. The first-order chi connectivity index (χ1) is 16.9. The number of carbonyl (C=O) groups excluding carboxylic acids is 2. The number of hydrogen-bond donors (Lipinski definition) is 1. The van der Waals surface area contributed by atoms with Crippen molar-refractivity contribution in [1.29, 1.82) is 0 Å². The third kappa shape index (κ3) is 8.25. The molecule has 6 heteroatoms. The van der Waals surface area contributed by atoms with E-state index in [-0.39, 0.29) is 24.5 Å². The van der Waals surface area contributed by atoms with Crippen LogP contribution < -0.4 is 10.1 Å². The molecule has 0 spiro atoms. The van der Waals surface area contributed by atoms with Gasteiger partial charge in [-0.15, -0.1) is 0 Å². The largest absolute Gasteiger partial charge is 0.484 e. The van der Waals surface area contributed by atoms with E-state index in [1.165, 1.54) is 0 Å². The molecule has 0 fully saturated rings. The number of aryl methyl sites for hydroxylation is 1. The second-order valence-electron chi connectivity index (χ2n) is 8.78. The minimum atomic E-state index is -0.681. The van der Waals surface area contributed by atoms with Gasteiger partial charge in [0.1, 0.15) is 11.8 Å². The molecule has 0 aliphatic rings. The molecule has 0 saturated heterocycles. The van der Waals surface area contributed by atoms with Crippen LogP contribution in [0.3, 0.4) is 0 Å². The van der Waals surface area contributed by atoms with Crippen LogP contribution in [0.15, 0.2) is 83.3 Å². The predicted molar refractivity (Wildman–Crippen MR) is 143 cm³/mol. The Kier molecular flexibility index (Phi) is 9.91. The van der Waals surface area contributed by atoms with Crippen LogP contribution >= 0.6 is 15.9 Å². The molecule has 184 valence electrons. The van der Waals surface area contributed by atoms with Crippen molar-refractivity contribution in [2.75, 3.05) is 6.61 Å². The van der Waals surface area contributed by atoms with E-state index in [2.05, 4.69) is 21.2 Å². The SMILES string of the molecule is CC[C@@H](C)NC(=O)[C@@H](Cc1ccccc1)N(Cc1cccc(Br)c1)C(=O)COc1ccc(C)cc1.